The van der Waals surface area contributed by atoms with E-state index in [2.05, 4.69) is 111 Å². The maximum absolute atomic E-state index is 12.9. The van der Waals surface area contributed by atoms with Gasteiger partial charge in [-0.3, -0.25) is 9.59 Å². The number of rotatable bonds is 23. The van der Waals surface area contributed by atoms with Crippen molar-refractivity contribution in [2.75, 3.05) is 33.2 Å². The van der Waals surface area contributed by atoms with Crippen molar-refractivity contribution >= 4 is 11.8 Å². The summed E-state index contributed by atoms with van der Waals surface area (Å²) in [7, 11) is 2.04. The van der Waals surface area contributed by atoms with Crippen molar-refractivity contribution in [3.63, 3.8) is 0 Å². The molecule has 0 aliphatic heterocycles. The minimum atomic E-state index is -0.275. The second-order valence-corrected chi connectivity index (χ2v) is 19.0. The first-order valence-corrected chi connectivity index (χ1v) is 23.2. The number of hydrogen-bond acceptors (Lipinski definition) is 5. The molecule has 4 saturated carbocycles. The molecule has 4 aliphatic carbocycles. The van der Waals surface area contributed by atoms with Crippen LogP contribution in [0.3, 0.4) is 0 Å². The van der Waals surface area contributed by atoms with E-state index in [1.807, 2.05) is 7.05 Å². The fraction of sp³-hybridized carbons (Fsp3) is 0.760. The topological polar surface area (TPSA) is 102 Å². The molecular weight excluding hydrogens is 707 g/mol. The van der Waals surface area contributed by atoms with E-state index < -0.39 is 0 Å². The van der Waals surface area contributed by atoms with Crippen LogP contribution in [0.1, 0.15) is 144 Å². The third-order valence-corrected chi connectivity index (χ3v) is 15.3. The van der Waals surface area contributed by atoms with Gasteiger partial charge in [0.15, 0.2) is 0 Å². The quantitative estimate of drug-likeness (QED) is 0.0610. The Morgan fingerprint density at radius 2 is 1.28 bits per heavy atom. The molecule has 0 bridgehead atoms. The van der Waals surface area contributed by atoms with Gasteiger partial charge in [0.25, 0.3) is 0 Å². The highest BCUT2D eigenvalue weighted by Gasteiger charge is 2.64. The van der Waals surface area contributed by atoms with Crippen molar-refractivity contribution in [3.05, 3.63) is 60.8 Å². The number of carbonyl (C=O) groups is 2. The number of amides is 2. The first-order valence-electron chi connectivity index (χ1n) is 23.2. The van der Waals surface area contributed by atoms with Crippen LogP contribution in [0.25, 0.3) is 0 Å². The van der Waals surface area contributed by atoms with Crippen LogP contribution in [0.5, 0.6) is 0 Å². The van der Waals surface area contributed by atoms with Gasteiger partial charge in [-0.25, -0.2) is 0 Å². The van der Waals surface area contributed by atoms with Gasteiger partial charge in [0.1, 0.15) is 0 Å². The number of carbonyl (C=O) groups excluding carboxylic acids is 2. The normalized spacial score (nSPS) is 33.4. The van der Waals surface area contributed by atoms with Crippen LogP contribution >= 0.6 is 0 Å². The molecular formula is C50H83N3O4. The zero-order chi connectivity index (χ0) is 41.3. The molecule has 4 N–H and O–H groups in total. The highest BCUT2D eigenvalue weighted by atomic mass is 16.3. The van der Waals surface area contributed by atoms with E-state index in [1.165, 1.54) is 25.7 Å². The second-order valence-electron chi connectivity index (χ2n) is 19.0. The van der Waals surface area contributed by atoms with Crippen LogP contribution in [-0.2, 0) is 9.59 Å². The summed E-state index contributed by atoms with van der Waals surface area (Å²) in [4.78, 5) is 27.4. The fourth-order valence-electron chi connectivity index (χ4n) is 12.0. The van der Waals surface area contributed by atoms with Gasteiger partial charge >= 0.3 is 0 Å². The molecule has 0 radical (unpaired) electrons. The molecule has 0 aromatic heterocycles. The molecule has 4 rings (SSSR count). The molecule has 0 aromatic carbocycles. The molecule has 4 fully saturated rings. The van der Waals surface area contributed by atoms with Crippen molar-refractivity contribution in [3.8, 4) is 0 Å². The monoisotopic (exact) mass is 790 g/mol. The van der Waals surface area contributed by atoms with Crippen molar-refractivity contribution < 1.29 is 19.8 Å². The van der Waals surface area contributed by atoms with Crippen molar-refractivity contribution in [1.82, 2.24) is 15.5 Å². The van der Waals surface area contributed by atoms with Gasteiger partial charge < -0.3 is 25.7 Å². The maximum atomic E-state index is 12.9. The van der Waals surface area contributed by atoms with E-state index in [-0.39, 0.29) is 40.8 Å². The van der Waals surface area contributed by atoms with Crippen molar-refractivity contribution in [1.29, 1.82) is 0 Å². The number of unbranched alkanes of at least 4 members (excludes halogenated alkanes) is 1. The minimum Gasteiger partial charge on any atom is -0.393 e. The molecule has 4 aliphatic rings. The summed E-state index contributed by atoms with van der Waals surface area (Å²) < 4.78 is 0. The van der Waals surface area contributed by atoms with Gasteiger partial charge in [-0.15, -0.1) is 0 Å². The van der Waals surface area contributed by atoms with E-state index >= 15 is 0 Å². The summed E-state index contributed by atoms with van der Waals surface area (Å²) in [6.07, 6.45) is 38.0. The average molecular weight is 790 g/mol. The van der Waals surface area contributed by atoms with Gasteiger partial charge in [0.2, 0.25) is 11.8 Å². The molecule has 322 valence electrons. The van der Waals surface area contributed by atoms with Gasteiger partial charge in [0.05, 0.1) is 12.2 Å². The van der Waals surface area contributed by atoms with E-state index in [1.54, 1.807) is 0 Å². The predicted molar refractivity (Wildman–Crippen MR) is 237 cm³/mol. The molecule has 0 spiro atoms. The zero-order valence-electron chi connectivity index (χ0n) is 37.0. The van der Waals surface area contributed by atoms with Gasteiger partial charge in [-0.1, -0.05) is 95.4 Å². The summed E-state index contributed by atoms with van der Waals surface area (Å²) in [5, 5.41) is 28.5. The Labute approximate surface area is 348 Å². The first-order chi connectivity index (χ1) is 27.4. The highest BCUT2D eigenvalue weighted by molar-refractivity contribution is 5.76. The summed E-state index contributed by atoms with van der Waals surface area (Å²) in [6.45, 7) is 14.5. The summed E-state index contributed by atoms with van der Waals surface area (Å²) in [5.41, 5.74) is 0.454. The Morgan fingerprint density at radius 3 is 1.89 bits per heavy atom. The molecule has 0 saturated heterocycles. The van der Waals surface area contributed by atoms with Crippen LogP contribution in [0.4, 0.5) is 0 Å². The number of hydrogen-bond donors (Lipinski definition) is 4. The van der Waals surface area contributed by atoms with Gasteiger partial charge in [-0.2, -0.15) is 0 Å². The van der Waals surface area contributed by atoms with E-state index in [9.17, 15) is 19.8 Å². The van der Waals surface area contributed by atoms with E-state index in [0.29, 0.717) is 61.4 Å². The zero-order valence-corrected chi connectivity index (χ0v) is 37.0. The lowest BCUT2D eigenvalue weighted by Gasteiger charge is -2.64. The first kappa shape index (κ1) is 47.2. The van der Waals surface area contributed by atoms with Crippen LogP contribution in [-0.4, -0.2) is 72.4 Å². The van der Waals surface area contributed by atoms with Crippen LogP contribution in [0, 0.1) is 52.3 Å². The summed E-state index contributed by atoms with van der Waals surface area (Å²) in [5.74, 6) is 3.43. The highest BCUT2D eigenvalue weighted by Crippen LogP contribution is 2.69. The molecule has 0 aromatic rings. The molecule has 0 heterocycles. The fourth-order valence-corrected chi connectivity index (χ4v) is 12.0. The summed E-state index contributed by atoms with van der Waals surface area (Å²) in [6, 6.07) is 0. The summed E-state index contributed by atoms with van der Waals surface area (Å²) >= 11 is 0. The third-order valence-electron chi connectivity index (χ3n) is 15.3. The Morgan fingerprint density at radius 1 is 0.737 bits per heavy atom. The molecule has 11 atom stereocenters. The number of nitrogens with zero attached hydrogens (tertiary/aromatic N) is 1. The Bertz CT molecular complexity index is 1370. The lowest BCUT2D eigenvalue weighted by Crippen LogP contribution is -2.61. The standard InChI is InChI=1S/C50H83N3O4/c1-7-8-9-10-11-12-13-14-15-16-17-18-19-20-21-22-23-24-45(55)51-33-35-53(6)36-34-52-46(56)28-25-38(2)41-26-27-42-47-43(30-32-49(41,42)4)50(5)31-29-40(54)37-44(50)39(3)48(47)57/h8-9,11-12,14-15,17-18,20-21,38-44,47-48,54,57H,7,10,13,16,19,22-37H2,1-6H3,(H,51,55)(H,52,56)/b9-8+,12-11+,15-14+,18-17+,21-20+/t38-,39-,40-,41?,42+,43+,44+,47+,48-,49-,50-/m1/s1. The Kier molecular flexibility index (Phi) is 19.8. The van der Waals surface area contributed by atoms with Gasteiger partial charge in [-0.05, 0) is 156 Å². The number of likely N-dealkylation sites (N-methyl/N-ethyl adjacent to an activating group) is 1. The predicted octanol–water partition coefficient (Wildman–Crippen LogP) is 9.73. The molecule has 7 heteroatoms. The van der Waals surface area contributed by atoms with Crippen molar-refractivity contribution in [2.45, 2.75) is 156 Å². The van der Waals surface area contributed by atoms with Crippen LogP contribution in [0.15, 0.2) is 60.8 Å². The van der Waals surface area contributed by atoms with Crippen LogP contribution in [0.2, 0.25) is 0 Å². The minimum absolute atomic E-state index is 0.103. The number of aliphatic hydroxyl groups is 2. The lowest BCUT2D eigenvalue weighted by atomic mass is 9.42. The molecule has 1 unspecified atom stereocenters. The van der Waals surface area contributed by atoms with E-state index in [4.69, 9.17) is 0 Å². The lowest BCUT2D eigenvalue weighted by molar-refractivity contribution is -0.199. The SMILES string of the molecule is CC/C=C/C/C=C/C/C=C/C/C=C/C/C=C/CCCC(=O)NCCN(C)CCNC(=O)CC[C@@H](C)C1CC[C@H]2[C@@H]3[C@H](O)[C@H](C)[C@@H]4C[C@H](O)CC[C@]4(C)[C@H]3CC[C@]12C. The number of allylic oxidation sites excluding steroid dienone is 10. The Hall–Kier alpha value is -2.48. The van der Waals surface area contributed by atoms with Crippen LogP contribution < -0.4 is 10.6 Å². The molecule has 2 amide bonds. The average Bonchev–Trinajstić information content (AvgIpc) is 3.54. The number of aliphatic hydroxyl groups excluding tert-OH is 2. The smallest absolute Gasteiger partial charge is 0.220 e. The van der Waals surface area contributed by atoms with Crippen molar-refractivity contribution in [2.24, 2.45) is 52.3 Å². The van der Waals surface area contributed by atoms with E-state index in [0.717, 1.165) is 83.7 Å². The van der Waals surface area contributed by atoms with Gasteiger partial charge in [0, 0.05) is 39.0 Å². The largest absolute Gasteiger partial charge is 0.393 e. The number of nitrogens with one attached hydrogen (secondary N) is 2. The Balaban J connectivity index is 1.02. The third kappa shape index (κ3) is 13.5. The molecule has 7 nitrogen and oxygen atoms in total. The second kappa shape index (κ2) is 23.9. The maximum Gasteiger partial charge on any atom is 0.220 e. The number of fused-ring (bicyclic) bond motifs is 5. The molecule has 57 heavy (non-hydrogen) atoms.